The first-order valence-corrected chi connectivity index (χ1v) is 6.77. The number of hydrogen-bond acceptors (Lipinski definition) is 1. The van der Waals surface area contributed by atoms with Crippen LogP contribution in [0.2, 0.25) is 5.02 Å². The molecule has 0 saturated heterocycles. The largest absolute Gasteiger partial charge is 0.324 e. The molecular formula is C14H11BrClF2N. The Morgan fingerprint density at radius 3 is 2.47 bits per heavy atom. The molecule has 0 spiro atoms. The third-order valence-corrected chi connectivity index (χ3v) is 4.09. The molecule has 0 fully saturated rings. The molecule has 0 aromatic heterocycles. The van der Waals surface area contributed by atoms with Gasteiger partial charge in [0.2, 0.25) is 0 Å². The van der Waals surface area contributed by atoms with Crippen LogP contribution in [0.1, 0.15) is 18.5 Å². The maximum absolute atomic E-state index is 14.2. The van der Waals surface area contributed by atoms with Crippen molar-refractivity contribution < 1.29 is 8.78 Å². The predicted molar refractivity (Wildman–Crippen MR) is 77.1 cm³/mol. The normalized spacial score (nSPS) is 12.5. The van der Waals surface area contributed by atoms with E-state index in [0.717, 1.165) is 0 Å². The van der Waals surface area contributed by atoms with Crippen molar-refractivity contribution in [2.24, 2.45) is 5.73 Å². The van der Waals surface area contributed by atoms with Crippen LogP contribution in [0.5, 0.6) is 0 Å². The monoisotopic (exact) mass is 345 g/mol. The lowest BCUT2D eigenvalue weighted by atomic mass is 9.95. The molecule has 2 aromatic rings. The van der Waals surface area contributed by atoms with Crippen molar-refractivity contribution in [3.8, 4) is 11.1 Å². The number of rotatable bonds is 2. The van der Waals surface area contributed by atoms with E-state index in [2.05, 4.69) is 15.9 Å². The minimum atomic E-state index is -0.594. The molecule has 0 aliphatic heterocycles. The summed E-state index contributed by atoms with van der Waals surface area (Å²) in [5.74, 6) is -1.04. The maximum atomic E-state index is 14.2. The molecule has 2 rings (SSSR count). The third-order valence-electron chi connectivity index (χ3n) is 2.83. The van der Waals surface area contributed by atoms with Crippen LogP contribution in [0, 0.1) is 11.6 Å². The van der Waals surface area contributed by atoms with E-state index in [1.54, 1.807) is 25.1 Å². The van der Waals surface area contributed by atoms with Crippen LogP contribution in [0.15, 0.2) is 34.8 Å². The average Bonchev–Trinajstić information content (AvgIpc) is 2.35. The molecule has 0 saturated carbocycles. The highest BCUT2D eigenvalue weighted by Gasteiger charge is 2.16. The van der Waals surface area contributed by atoms with Gasteiger partial charge in [-0.15, -0.1) is 0 Å². The fraction of sp³-hybridized carbons (Fsp3) is 0.143. The fourth-order valence-electron chi connectivity index (χ4n) is 1.89. The average molecular weight is 347 g/mol. The van der Waals surface area contributed by atoms with Gasteiger partial charge in [0.15, 0.2) is 5.82 Å². The van der Waals surface area contributed by atoms with Crippen molar-refractivity contribution in [3.63, 3.8) is 0 Å². The molecule has 2 N–H and O–H groups in total. The van der Waals surface area contributed by atoms with Crippen LogP contribution in [0.25, 0.3) is 11.1 Å². The summed E-state index contributed by atoms with van der Waals surface area (Å²) in [6.07, 6.45) is 0. The number of benzene rings is 2. The number of halogens is 4. The van der Waals surface area contributed by atoms with Gasteiger partial charge in [-0.25, -0.2) is 8.78 Å². The predicted octanol–water partition coefficient (Wildman–Crippen LogP) is 5.07. The standard InChI is InChI=1S/C14H11BrClF2N/c1-7(19)9-3-2-8(17)6-11(9)10-4-5-12(15)13(16)14(10)18/h2-7H,19H2,1H3. The second-order valence-electron chi connectivity index (χ2n) is 4.24. The third kappa shape index (κ3) is 2.81. The van der Waals surface area contributed by atoms with Crippen molar-refractivity contribution >= 4 is 27.5 Å². The van der Waals surface area contributed by atoms with E-state index in [9.17, 15) is 8.78 Å². The number of nitrogens with two attached hydrogens (primary N) is 1. The van der Waals surface area contributed by atoms with Gasteiger partial charge < -0.3 is 5.73 Å². The van der Waals surface area contributed by atoms with Gasteiger partial charge in [0.25, 0.3) is 0 Å². The Morgan fingerprint density at radius 1 is 1.16 bits per heavy atom. The first kappa shape index (κ1) is 14.4. The van der Waals surface area contributed by atoms with Gasteiger partial charge in [0, 0.05) is 16.1 Å². The van der Waals surface area contributed by atoms with Crippen LogP contribution in [-0.2, 0) is 0 Å². The van der Waals surface area contributed by atoms with Crippen molar-refractivity contribution in [2.45, 2.75) is 13.0 Å². The van der Waals surface area contributed by atoms with Crippen LogP contribution in [0.4, 0.5) is 8.78 Å². The molecule has 0 aliphatic carbocycles. The van der Waals surface area contributed by atoms with E-state index in [4.69, 9.17) is 17.3 Å². The molecule has 0 bridgehead atoms. The van der Waals surface area contributed by atoms with Gasteiger partial charge in [0.1, 0.15) is 5.82 Å². The Kier molecular flexibility index (Phi) is 4.23. The van der Waals surface area contributed by atoms with Gasteiger partial charge in [-0.05, 0) is 52.2 Å². The Labute approximate surface area is 123 Å². The molecule has 100 valence electrons. The molecular weight excluding hydrogens is 336 g/mol. The molecule has 0 heterocycles. The zero-order valence-electron chi connectivity index (χ0n) is 10.1. The molecule has 5 heteroatoms. The molecule has 0 aliphatic rings. The summed E-state index contributed by atoms with van der Waals surface area (Å²) in [4.78, 5) is 0. The summed E-state index contributed by atoms with van der Waals surface area (Å²) in [7, 11) is 0. The summed E-state index contributed by atoms with van der Waals surface area (Å²) in [6.45, 7) is 1.76. The zero-order valence-corrected chi connectivity index (χ0v) is 12.4. The van der Waals surface area contributed by atoms with Gasteiger partial charge in [0.05, 0.1) is 5.02 Å². The highest BCUT2D eigenvalue weighted by Crippen LogP contribution is 2.36. The molecule has 0 amide bonds. The lowest BCUT2D eigenvalue weighted by Crippen LogP contribution is -2.07. The quantitative estimate of drug-likeness (QED) is 0.755. The van der Waals surface area contributed by atoms with Crippen LogP contribution in [-0.4, -0.2) is 0 Å². The SMILES string of the molecule is CC(N)c1ccc(F)cc1-c1ccc(Br)c(Cl)c1F. The second kappa shape index (κ2) is 5.57. The Bertz CT molecular complexity index is 629. The summed E-state index contributed by atoms with van der Waals surface area (Å²) < 4.78 is 28.1. The van der Waals surface area contributed by atoms with Crippen LogP contribution >= 0.6 is 27.5 Å². The van der Waals surface area contributed by atoms with Gasteiger partial charge in [-0.1, -0.05) is 23.7 Å². The Morgan fingerprint density at radius 2 is 1.84 bits per heavy atom. The second-order valence-corrected chi connectivity index (χ2v) is 5.48. The molecule has 1 atom stereocenters. The lowest BCUT2D eigenvalue weighted by Gasteiger charge is -2.14. The molecule has 1 nitrogen and oxygen atoms in total. The minimum absolute atomic E-state index is 0.0302. The fourth-order valence-corrected chi connectivity index (χ4v) is 2.36. The summed E-state index contributed by atoms with van der Waals surface area (Å²) >= 11 is 9.00. The Hall–Kier alpha value is -0.970. The van der Waals surface area contributed by atoms with Crippen molar-refractivity contribution in [3.05, 3.63) is 57.0 Å². The summed E-state index contributed by atoms with van der Waals surface area (Å²) in [5.41, 5.74) is 7.15. The first-order valence-electron chi connectivity index (χ1n) is 5.60. The lowest BCUT2D eigenvalue weighted by molar-refractivity contribution is 0.622. The minimum Gasteiger partial charge on any atom is -0.324 e. The molecule has 0 radical (unpaired) electrons. The van der Waals surface area contributed by atoms with Crippen LogP contribution < -0.4 is 5.73 Å². The van der Waals surface area contributed by atoms with E-state index in [0.29, 0.717) is 15.6 Å². The Balaban J connectivity index is 2.71. The smallest absolute Gasteiger partial charge is 0.150 e. The van der Waals surface area contributed by atoms with Gasteiger partial charge in [-0.3, -0.25) is 0 Å². The summed E-state index contributed by atoms with van der Waals surface area (Å²) in [6, 6.07) is 6.97. The zero-order chi connectivity index (χ0) is 14.2. The maximum Gasteiger partial charge on any atom is 0.150 e. The van der Waals surface area contributed by atoms with E-state index in [-0.39, 0.29) is 16.6 Å². The first-order chi connectivity index (χ1) is 8.91. The van der Waals surface area contributed by atoms with E-state index >= 15 is 0 Å². The van der Waals surface area contributed by atoms with E-state index in [1.165, 1.54) is 12.1 Å². The molecule has 19 heavy (non-hydrogen) atoms. The van der Waals surface area contributed by atoms with Crippen molar-refractivity contribution in [1.82, 2.24) is 0 Å². The topological polar surface area (TPSA) is 26.0 Å². The van der Waals surface area contributed by atoms with Crippen LogP contribution in [0.3, 0.4) is 0 Å². The van der Waals surface area contributed by atoms with Gasteiger partial charge in [-0.2, -0.15) is 0 Å². The van der Waals surface area contributed by atoms with Crippen molar-refractivity contribution in [1.29, 1.82) is 0 Å². The molecule has 2 aromatic carbocycles. The van der Waals surface area contributed by atoms with Crippen molar-refractivity contribution in [2.75, 3.05) is 0 Å². The highest BCUT2D eigenvalue weighted by atomic mass is 79.9. The van der Waals surface area contributed by atoms with E-state index < -0.39 is 11.6 Å². The van der Waals surface area contributed by atoms with Gasteiger partial charge >= 0.3 is 0 Å². The van der Waals surface area contributed by atoms with E-state index in [1.807, 2.05) is 0 Å². The highest BCUT2D eigenvalue weighted by molar-refractivity contribution is 9.10. The molecule has 1 unspecified atom stereocenters. The number of hydrogen-bond donors (Lipinski definition) is 1. The summed E-state index contributed by atoms with van der Waals surface area (Å²) in [5, 5.41) is -0.0302.